The van der Waals surface area contributed by atoms with Gasteiger partial charge in [0.15, 0.2) is 0 Å². The van der Waals surface area contributed by atoms with Crippen LogP contribution in [-0.4, -0.2) is 12.0 Å². The summed E-state index contributed by atoms with van der Waals surface area (Å²) >= 11 is 1.82. The van der Waals surface area contributed by atoms with Crippen molar-refractivity contribution in [2.45, 2.75) is 26.7 Å². The molecule has 0 saturated heterocycles. The second-order valence-corrected chi connectivity index (χ2v) is 5.19. The van der Waals surface area contributed by atoms with Crippen LogP contribution in [0.2, 0.25) is 0 Å². The van der Waals surface area contributed by atoms with Gasteiger partial charge in [0.1, 0.15) is 0 Å². The Balaban J connectivity index is 2.37. The summed E-state index contributed by atoms with van der Waals surface area (Å²) in [6.45, 7) is 4.29. The predicted molar refractivity (Wildman–Crippen MR) is 75.8 cm³/mol. The lowest BCUT2D eigenvalue weighted by atomic mass is 10.1. The van der Waals surface area contributed by atoms with Gasteiger partial charge in [-0.3, -0.25) is 0 Å². The van der Waals surface area contributed by atoms with Crippen molar-refractivity contribution >= 4 is 17.0 Å². The molecule has 0 radical (unpaired) electrons. The fourth-order valence-corrected chi connectivity index (χ4v) is 3.02. The summed E-state index contributed by atoms with van der Waals surface area (Å²) in [5.41, 5.74) is 3.55. The quantitative estimate of drug-likeness (QED) is 0.878. The van der Waals surface area contributed by atoms with Gasteiger partial charge in [-0.2, -0.15) is 0 Å². The van der Waals surface area contributed by atoms with Crippen LogP contribution in [0.1, 0.15) is 24.0 Å². The lowest BCUT2D eigenvalue weighted by Gasteiger charge is -2.03. The molecule has 0 atom stereocenters. The fourth-order valence-electron chi connectivity index (χ4n) is 1.86. The number of benzene rings is 1. The molecule has 3 heteroatoms. The van der Waals surface area contributed by atoms with Crippen LogP contribution in [0.15, 0.2) is 24.3 Å². The van der Waals surface area contributed by atoms with Crippen molar-refractivity contribution in [1.82, 2.24) is 4.98 Å². The molecule has 1 aromatic carbocycles. The third-order valence-electron chi connectivity index (χ3n) is 2.72. The summed E-state index contributed by atoms with van der Waals surface area (Å²) in [6.07, 6.45) is 2.24. The van der Waals surface area contributed by atoms with Gasteiger partial charge in [-0.25, -0.2) is 4.98 Å². The maximum Gasteiger partial charge on any atom is 0.0934 e. The highest BCUT2D eigenvalue weighted by atomic mass is 32.1. The van der Waals surface area contributed by atoms with E-state index in [1.54, 1.807) is 0 Å². The van der Waals surface area contributed by atoms with Gasteiger partial charge in [0.25, 0.3) is 0 Å². The van der Waals surface area contributed by atoms with E-state index in [1.165, 1.54) is 15.4 Å². The maximum absolute atomic E-state index is 4.63. The average Bonchev–Trinajstić information content (AvgIpc) is 2.71. The maximum atomic E-state index is 4.63. The van der Waals surface area contributed by atoms with Crippen LogP contribution >= 0.6 is 11.3 Å². The van der Waals surface area contributed by atoms with Gasteiger partial charge in [0.05, 0.1) is 15.6 Å². The first-order valence-corrected chi connectivity index (χ1v) is 6.80. The molecule has 0 unspecified atom stereocenters. The number of hydrogen-bond acceptors (Lipinski definition) is 3. The van der Waals surface area contributed by atoms with E-state index in [0.29, 0.717) is 0 Å². The van der Waals surface area contributed by atoms with Gasteiger partial charge in [0.2, 0.25) is 0 Å². The van der Waals surface area contributed by atoms with Gasteiger partial charge in [-0.1, -0.05) is 19.1 Å². The Hall–Kier alpha value is -1.35. The van der Waals surface area contributed by atoms with E-state index in [9.17, 15) is 0 Å². The fraction of sp³-hybridized carbons (Fsp3) is 0.357. The monoisotopic (exact) mass is 246 g/mol. The van der Waals surface area contributed by atoms with Crippen LogP contribution in [-0.2, 0) is 6.42 Å². The van der Waals surface area contributed by atoms with Crippen molar-refractivity contribution in [3.63, 3.8) is 0 Å². The topological polar surface area (TPSA) is 24.9 Å². The van der Waals surface area contributed by atoms with Crippen molar-refractivity contribution in [2.75, 3.05) is 12.4 Å². The second kappa shape index (κ2) is 5.32. The number of hydrogen-bond donors (Lipinski definition) is 1. The molecule has 1 heterocycles. The molecule has 90 valence electrons. The summed E-state index contributed by atoms with van der Waals surface area (Å²) in [5, 5.41) is 4.42. The molecular formula is C14H18N2S. The van der Waals surface area contributed by atoms with Crippen molar-refractivity contribution in [1.29, 1.82) is 0 Å². The van der Waals surface area contributed by atoms with Crippen LogP contribution in [0.3, 0.4) is 0 Å². The Bertz CT molecular complexity index is 503. The molecule has 0 aliphatic rings. The van der Waals surface area contributed by atoms with Crippen LogP contribution < -0.4 is 5.32 Å². The molecule has 17 heavy (non-hydrogen) atoms. The van der Waals surface area contributed by atoms with Crippen molar-refractivity contribution < 1.29 is 0 Å². The van der Waals surface area contributed by atoms with E-state index in [-0.39, 0.29) is 0 Å². The standard InChI is InChI=1S/C14H18N2S/c1-4-6-13-16-10(2)14(17-13)11-7-5-8-12(9-11)15-3/h5,7-9,15H,4,6H2,1-3H3. The van der Waals surface area contributed by atoms with Gasteiger partial charge in [0, 0.05) is 12.7 Å². The number of thiazole rings is 1. The largest absolute Gasteiger partial charge is 0.388 e. The Kier molecular flexibility index (Phi) is 3.79. The summed E-state index contributed by atoms with van der Waals surface area (Å²) in [6, 6.07) is 8.49. The van der Waals surface area contributed by atoms with Crippen molar-refractivity contribution in [3.8, 4) is 10.4 Å². The summed E-state index contributed by atoms with van der Waals surface area (Å²) in [4.78, 5) is 5.93. The zero-order valence-corrected chi connectivity index (χ0v) is 11.4. The summed E-state index contributed by atoms with van der Waals surface area (Å²) in [7, 11) is 1.95. The summed E-state index contributed by atoms with van der Waals surface area (Å²) < 4.78 is 0. The Labute approximate surface area is 107 Å². The number of nitrogens with zero attached hydrogens (tertiary/aromatic N) is 1. The molecule has 0 amide bonds. The Morgan fingerprint density at radius 3 is 2.88 bits per heavy atom. The van der Waals surface area contributed by atoms with E-state index in [2.05, 4.69) is 48.4 Å². The van der Waals surface area contributed by atoms with Crippen molar-refractivity contribution in [3.05, 3.63) is 35.0 Å². The zero-order chi connectivity index (χ0) is 12.3. The van der Waals surface area contributed by atoms with E-state index in [4.69, 9.17) is 0 Å². The highest BCUT2D eigenvalue weighted by molar-refractivity contribution is 7.15. The number of aryl methyl sites for hydroxylation is 2. The normalized spacial score (nSPS) is 10.5. The lowest BCUT2D eigenvalue weighted by molar-refractivity contribution is 0.903. The van der Waals surface area contributed by atoms with E-state index in [1.807, 2.05) is 18.4 Å². The molecule has 0 spiro atoms. The molecule has 2 rings (SSSR count). The molecular weight excluding hydrogens is 228 g/mol. The molecule has 1 aromatic heterocycles. The minimum absolute atomic E-state index is 1.08. The Morgan fingerprint density at radius 1 is 1.35 bits per heavy atom. The number of anilines is 1. The van der Waals surface area contributed by atoms with Crippen LogP contribution in [0, 0.1) is 6.92 Å². The smallest absolute Gasteiger partial charge is 0.0934 e. The highest BCUT2D eigenvalue weighted by Gasteiger charge is 2.09. The lowest BCUT2D eigenvalue weighted by Crippen LogP contribution is -1.87. The Morgan fingerprint density at radius 2 is 2.18 bits per heavy atom. The van der Waals surface area contributed by atoms with Crippen molar-refractivity contribution in [2.24, 2.45) is 0 Å². The molecule has 0 bridgehead atoms. The molecule has 2 nitrogen and oxygen atoms in total. The number of rotatable bonds is 4. The van der Waals surface area contributed by atoms with E-state index in [0.717, 1.165) is 24.2 Å². The van der Waals surface area contributed by atoms with Gasteiger partial charge >= 0.3 is 0 Å². The van der Waals surface area contributed by atoms with Crippen LogP contribution in [0.4, 0.5) is 5.69 Å². The SMILES string of the molecule is CCCc1nc(C)c(-c2cccc(NC)c2)s1. The third-order valence-corrected chi connectivity index (χ3v) is 3.98. The number of nitrogens with one attached hydrogen (secondary N) is 1. The molecule has 0 fully saturated rings. The molecule has 0 aliphatic carbocycles. The van der Waals surface area contributed by atoms with Gasteiger partial charge in [-0.15, -0.1) is 11.3 Å². The minimum Gasteiger partial charge on any atom is -0.388 e. The molecule has 0 aliphatic heterocycles. The highest BCUT2D eigenvalue weighted by Crippen LogP contribution is 2.31. The van der Waals surface area contributed by atoms with Crippen LogP contribution in [0.5, 0.6) is 0 Å². The van der Waals surface area contributed by atoms with Gasteiger partial charge in [-0.05, 0) is 37.5 Å². The molecule has 2 aromatic rings. The second-order valence-electron chi connectivity index (χ2n) is 4.10. The molecule has 0 saturated carbocycles. The zero-order valence-electron chi connectivity index (χ0n) is 10.6. The van der Waals surface area contributed by atoms with E-state index >= 15 is 0 Å². The third kappa shape index (κ3) is 2.67. The number of aromatic nitrogens is 1. The average molecular weight is 246 g/mol. The van der Waals surface area contributed by atoms with Gasteiger partial charge < -0.3 is 5.32 Å². The first-order chi connectivity index (χ1) is 8.24. The summed E-state index contributed by atoms with van der Waals surface area (Å²) in [5.74, 6) is 0. The minimum atomic E-state index is 1.08. The van der Waals surface area contributed by atoms with Crippen LogP contribution in [0.25, 0.3) is 10.4 Å². The first-order valence-electron chi connectivity index (χ1n) is 5.99. The first kappa shape index (κ1) is 12.1. The molecule has 1 N–H and O–H groups in total. The predicted octanol–water partition coefficient (Wildman–Crippen LogP) is 4.11. The van der Waals surface area contributed by atoms with E-state index < -0.39 is 0 Å².